The number of alkyl halides is 3. The molecule has 0 spiro atoms. The molecule has 0 saturated heterocycles. The normalized spacial score (nSPS) is 21.8. The number of nitrogens with one attached hydrogen (secondary N) is 2. The number of rotatable bonds is 5. The van der Waals surface area contributed by atoms with Crippen molar-refractivity contribution in [2.24, 2.45) is 5.92 Å². The fraction of sp³-hybridized carbons (Fsp3) is 0.562. The summed E-state index contributed by atoms with van der Waals surface area (Å²) in [4.78, 5) is 11.4. The van der Waals surface area contributed by atoms with Crippen molar-refractivity contribution in [2.45, 2.75) is 49.7 Å². The molecule has 1 fully saturated rings. The summed E-state index contributed by atoms with van der Waals surface area (Å²) < 4.78 is 64.3. The number of halogens is 3. The van der Waals surface area contributed by atoms with E-state index in [0.29, 0.717) is 12.0 Å². The molecular weight excluding hydrogens is 357 g/mol. The van der Waals surface area contributed by atoms with E-state index in [1.807, 2.05) is 4.72 Å². The predicted molar refractivity (Wildman–Crippen MR) is 86.2 cm³/mol. The Morgan fingerprint density at radius 3 is 2.44 bits per heavy atom. The van der Waals surface area contributed by atoms with E-state index >= 15 is 0 Å². The number of hydrogen-bond donors (Lipinski definition) is 2. The molecule has 1 aromatic carbocycles. The fourth-order valence-corrected chi connectivity index (χ4v) is 3.79. The van der Waals surface area contributed by atoms with Gasteiger partial charge in [0.2, 0.25) is 15.9 Å². The molecule has 2 N–H and O–H groups in total. The van der Waals surface area contributed by atoms with E-state index in [1.165, 1.54) is 0 Å². The standard InChI is InChI=1S/C16H21F3N2O3S/c1-11-5-7-13(8-6-11)21-15(22)10-20-25(23,24)14-4-2-3-12(9-14)16(17,18)19/h2-4,9,11,13,20H,5-8,10H2,1H3,(H,21,22). The van der Waals surface area contributed by atoms with Crippen LogP contribution in [-0.4, -0.2) is 26.9 Å². The van der Waals surface area contributed by atoms with Gasteiger partial charge in [-0.1, -0.05) is 13.0 Å². The third-order valence-electron chi connectivity index (χ3n) is 4.28. The van der Waals surface area contributed by atoms with Gasteiger partial charge >= 0.3 is 6.18 Å². The second-order valence-electron chi connectivity index (χ2n) is 6.37. The Labute approximate surface area is 145 Å². The van der Waals surface area contributed by atoms with E-state index in [2.05, 4.69) is 12.2 Å². The first-order chi connectivity index (χ1) is 11.6. The number of amides is 1. The average Bonchev–Trinajstić information content (AvgIpc) is 2.55. The Morgan fingerprint density at radius 2 is 1.84 bits per heavy atom. The molecule has 0 aliphatic heterocycles. The summed E-state index contributed by atoms with van der Waals surface area (Å²) in [5.74, 6) is 0.127. The lowest BCUT2D eigenvalue weighted by molar-refractivity contribution is -0.137. The van der Waals surface area contributed by atoms with Crippen LogP contribution in [0.1, 0.15) is 38.2 Å². The smallest absolute Gasteiger partial charge is 0.352 e. The minimum atomic E-state index is -4.64. The number of hydrogen-bond acceptors (Lipinski definition) is 3. The third-order valence-corrected chi connectivity index (χ3v) is 5.67. The monoisotopic (exact) mass is 378 g/mol. The minimum Gasteiger partial charge on any atom is -0.352 e. The van der Waals surface area contributed by atoms with Crippen molar-refractivity contribution in [3.63, 3.8) is 0 Å². The van der Waals surface area contributed by atoms with E-state index in [9.17, 15) is 26.4 Å². The molecule has 0 aromatic heterocycles. The Hall–Kier alpha value is -1.61. The second kappa shape index (κ2) is 7.74. The van der Waals surface area contributed by atoms with Crippen molar-refractivity contribution >= 4 is 15.9 Å². The van der Waals surface area contributed by atoms with Gasteiger partial charge in [0.15, 0.2) is 0 Å². The highest BCUT2D eigenvalue weighted by molar-refractivity contribution is 7.89. The van der Waals surface area contributed by atoms with Crippen LogP contribution < -0.4 is 10.0 Å². The first-order valence-corrected chi connectivity index (χ1v) is 9.52. The Morgan fingerprint density at radius 1 is 1.20 bits per heavy atom. The summed E-state index contributed by atoms with van der Waals surface area (Å²) in [5, 5.41) is 2.75. The van der Waals surface area contributed by atoms with Gasteiger partial charge in [0.25, 0.3) is 0 Å². The molecule has 25 heavy (non-hydrogen) atoms. The van der Waals surface area contributed by atoms with Crippen LogP contribution in [0.4, 0.5) is 13.2 Å². The molecule has 0 unspecified atom stereocenters. The van der Waals surface area contributed by atoms with Gasteiger partial charge in [-0.2, -0.15) is 13.2 Å². The molecule has 9 heteroatoms. The highest BCUT2D eigenvalue weighted by Crippen LogP contribution is 2.30. The van der Waals surface area contributed by atoms with Crippen molar-refractivity contribution < 1.29 is 26.4 Å². The lowest BCUT2D eigenvalue weighted by Crippen LogP contribution is -2.43. The quantitative estimate of drug-likeness (QED) is 0.827. The van der Waals surface area contributed by atoms with E-state index in [-0.39, 0.29) is 6.04 Å². The molecule has 0 atom stereocenters. The Bertz CT molecular complexity index is 712. The van der Waals surface area contributed by atoms with Crippen LogP contribution in [0.25, 0.3) is 0 Å². The highest BCUT2D eigenvalue weighted by Gasteiger charge is 2.31. The SMILES string of the molecule is CC1CCC(NC(=O)CNS(=O)(=O)c2cccc(C(F)(F)F)c2)CC1. The lowest BCUT2D eigenvalue weighted by atomic mass is 9.87. The molecule has 1 aliphatic carbocycles. The molecule has 1 amide bonds. The molecule has 1 saturated carbocycles. The number of benzene rings is 1. The highest BCUT2D eigenvalue weighted by atomic mass is 32.2. The number of carbonyl (C=O) groups excluding carboxylic acids is 1. The van der Waals surface area contributed by atoms with Gasteiger partial charge in [0.05, 0.1) is 17.0 Å². The van der Waals surface area contributed by atoms with Crippen molar-refractivity contribution in [1.29, 1.82) is 0 Å². The molecule has 1 aliphatic rings. The maximum absolute atomic E-state index is 12.7. The Balaban J connectivity index is 1.94. The van der Waals surface area contributed by atoms with Gasteiger partial charge in [0, 0.05) is 6.04 Å². The van der Waals surface area contributed by atoms with Crippen LogP contribution >= 0.6 is 0 Å². The van der Waals surface area contributed by atoms with Crippen LogP contribution in [0, 0.1) is 5.92 Å². The molecule has 1 aromatic rings. The van der Waals surface area contributed by atoms with Crippen LogP contribution in [0.5, 0.6) is 0 Å². The van der Waals surface area contributed by atoms with E-state index in [4.69, 9.17) is 0 Å². The van der Waals surface area contributed by atoms with E-state index in [1.54, 1.807) is 0 Å². The molecule has 2 rings (SSSR count). The fourth-order valence-electron chi connectivity index (χ4n) is 2.77. The van der Waals surface area contributed by atoms with Gasteiger partial charge < -0.3 is 5.32 Å². The summed E-state index contributed by atoms with van der Waals surface area (Å²) >= 11 is 0. The zero-order chi connectivity index (χ0) is 18.7. The molecule has 0 heterocycles. The van der Waals surface area contributed by atoms with Crippen LogP contribution in [0.15, 0.2) is 29.2 Å². The molecule has 0 bridgehead atoms. The predicted octanol–water partition coefficient (Wildman–Crippen LogP) is 2.68. The van der Waals surface area contributed by atoms with E-state index < -0.39 is 39.1 Å². The van der Waals surface area contributed by atoms with Crippen LogP contribution in [0.3, 0.4) is 0 Å². The largest absolute Gasteiger partial charge is 0.416 e. The van der Waals surface area contributed by atoms with Crippen LogP contribution in [-0.2, 0) is 21.0 Å². The summed E-state index contributed by atoms with van der Waals surface area (Å²) in [7, 11) is -4.20. The summed E-state index contributed by atoms with van der Waals surface area (Å²) in [6, 6.07) is 3.42. The summed E-state index contributed by atoms with van der Waals surface area (Å²) in [5.41, 5.74) is -1.06. The molecular formula is C16H21F3N2O3S. The maximum Gasteiger partial charge on any atom is 0.416 e. The van der Waals surface area contributed by atoms with Gasteiger partial charge in [-0.05, 0) is 49.8 Å². The van der Waals surface area contributed by atoms with Gasteiger partial charge in [0.1, 0.15) is 0 Å². The van der Waals surface area contributed by atoms with Gasteiger partial charge in [-0.15, -0.1) is 0 Å². The molecule has 5 nitrogen and oxygen atoms in total. The summed E-state index contributed by atoms with van der Waals surface area (Å²) in [6.45, 7) is 1.63. The topological polar surface area (TPSA) is 75.3 Å². The molecule has 140 valence electrons. The van der Waals surface area contributed by atoms with Crippen molar-refractivity contribution in [3.8, 4) is 0 Å². The maximum atomic E-state index is 12.7. The second-order valence-corrected chi connectivity index (χ2v) is 8.14. The zero-order valence-electron chi connectivity index (χ0n) is 13.8. The lowest BCUT2D eigenvalue weighted by Gasteiger charge is -2.26. The Kier molecular flexibility index (Phi) is 6.10. The van der Waals surface area contributed by atoms with E-state index in [0.717, 1.165) is 43.9 Å². The third kappa shape index (κ3) is 5.71. The number of sulfonamides is 1. The van der Waals surface area contributed by atoms with Gasteiger partial charge in [-0.3, -0.25) is 4.79 Å². The van der Waals surface area contributed by atoms with Gasteiger partial charge in [-0.25, -0.2) is 13.1 Å². The van der Waals surface area contributed by atoms with Crippen LogP contribution in [0.2, 0.25) is 0 Å². The minimum absolute atomic E-state index is 0.0155. The first kappa shape index (κ1) is 19.7. The van der Waals surface area contributed by atoms with Crippen molar-refractivity contribution in [1.82, 2.24) is 10.0 Å². The van der Waals surface area contributed by atoms with Crippen molar-refractivity contribution in [3.05, 3.63) is 29.8 Å². The first-order valence-electron chi connectivity index (χ1n) is 8.04. The number of carbonyl (C=O) groups is 1. The zero-order valence-corrected chi connectivity index (χ0v) is 14.6. The van der Waals surface area contributed by atoms with Crippen molar-refractivity contribution in [2.75, 3.05) is 6.54 Å². The average molecular weight is 378 g/mol. The molecule has 0 radical (unpaired) electrons. The summed E-state index contributed by atoms with van der Waals surface area (Å²) in [6.07, 6.45) is -0.955.